The van der Waals surface area contributed by atoms with E-state index in [1.165, 1.54) is 11.3 Å². The number of nitrogens with zero attached hydrogens (tertiary/aromatic N) is 3. The second-order valence-electron chi connectivity index (χ2n) is 6.67. The highest BCUT2D eigenvalue weighted by Gasteiger charge is 2.23. The molecule has 0 aromatic carbocycles. The number of anilines is 1. The number of hydrogen-bond acceptors (Lipinski definition) is 5. The maximum Gasteiger partial charge on any atom is 0.339 e. The first-order valence-electron chi connectivity index (χ1n) is 8.76. The number of carboxylic acid groups (broad SMARTS) is 1. The van der Waals surface area contributed by atoms with Crippen LogP contribution in [0.2, 0.25) is 0 Å². The minimum atomic E-state index is -1.03. The third-order valence-electron chi connectivity index (χ3n) is 4.50. The lowest BCUT2D eigenvalue weighted by atomic mass is 10.1. The Morgan fingerprint density at radius 3 is 2.63 bits per heavy atom. The molecule has 0 unspecified atom stereocenters. The van der Waals surface area contributed by atoms with Crippen LogP contribution in [-0.2, 0) is 6.42 Å². The van der Waals surface area contributed by atoms with E-state index in [4.69, 9.17) is 0 Å². The first-order valence-corrected chi connectivity index (χ1v) is 9.58. The highest BCUT2D eigenvalue weighted by atomic mass is 32.1. The average Bonchev–Trinajstić information content (AvgIpc) is 3.13. The zero-order chi connectivity index (χ0) is 19.9. The smallest absolute Gasteiger partial charge is 0.339 e. The van der Waals surface area contributed by atoms with Gasteiger partial charge in [-0.15, -0.1) is 11.3 Å². The van der Waals surface area contributed by atoms with Gasteiger partial charge in [0, 0.05) is 16.3 Å². The Morgan fingerprint density at radius 1 is 1.33 bits per heavy atom. The van der Waals surface area contributed by atoms with Gasteiger partial charge in [0.2, 0.25) is 0 Å². The first-order chi connectivity index (χ1) is 12.7. The van der Waals surface area contributed by atoms with E-state index in [1.807, 2.05) is 32.4 Å². The van der Waals surface area contributed by atoms with E-state index in [-0.39, 0.29) is 17.5 Å². The third-order valence-corrected chi connectivity index (χ3v) is 5.56. The van der Waals surface area contributed by atoms with Gasteiger partial charge in [0.1, 0.15) is 5.00 Å². The number of hydrogen-bond donors (Lipinski definition) is 2. The normalized spacial score (nSPS) is 11.3. The Hall–Kier alpha value is -2.74. The predicted molar refractivity (Wildman–Crippen MR) is 106 cm³/mol. The number of rotatable bonds is 5. The van der Waals surface area contributed by atoms with E-state index in [0.717, 1.165) is 21.5 Å². The minimum Gasteiger partial charge on any atom is -0.478 e. The maximum atomic E-state index is 12.8. The number of nitrogens with one attached hydrogen (secondary N) is 1. The van der Waals surface area contributed by atoms with Crippen LogP contribution in [0.3, 0.4) is 0 Å². The van der Waals surface area contributed by atoms with Crippen LogP contribution in [0.5, 0.6) is 0 Å². The Morgan fingerprint density at radius 2 is 2.04 bits per heavy atom. The van der Waals surface area contributed by atoms with Crippen molar-refractivity contribution in [2.75, 3.05) is 5.32 Å². The molecule has 3 rings (SSSR count). The van der Waals surface area contributed by atoms with Gasteiger partial charge >= 0.3 is 5.97 Å². The lowest BCUT2D eigenvalue weighted by molar-refractivity contribution is 0.0697. The standard InChI is InChI=1S/C19H22N4O3S/c1-6-13-11(5)27-18(15(13)19(25)26)22-17(24)14-7-12-8-20-23(9(2)3)16(12)21-10(14)4/h7-9H,6H2,1-5H3,(H,22,24)(H,25,26). The largest absolute Gasteiger partial charge is 0.478 e. The van der Waals surface area contributed by atoms with Crippen molar-refractivity contribution in [2.24, 2.45) is 0 Å². The van der Waals surface area contributed by atoms with Crippen molar-refractivity contribution in [3.8, 4) is 0 Å². The molecular weight excluding hydrogens is 364 g/mol. The van der Waals surface area contributed by atoms with Crippen LogP contribution in [-0.4, -0.2) is 31.7 Å². The molecule has 2 N–H and O–H groups in total. The summed E-state index contributed by atoms with van der Waals surface area (Å²) in [5.41, 5.74) is 2.64. The zero-order valence-electron chi connectivity index (χ0n) is 16.0. The van der Waals surface area contributed by atoms with E-state index < -0.39 is 5.97 Å². The molecule has 0 aliphatic heterocycles. The van der Waals surface area contributed by atoms with Gasteiger partial charge in [-0.25, -0.2) is 14.5 Å². The van der Waals surface area contributed by atoms with E-state index in [0.29, 0.717) is 22.7 Å². The summed E-state index contributed by atoms with van der Waals surface area (Å²) in [4.78, 5) is 30.0. The highest BCUT2D eigenvalue weighted by Crippen LogP contribution is 2.34. The van der Waals surface area contributed by atoms with Crippen molar-refractivity contribution < 1.29 is 14.7 Å². The SMILES string of the molecule is CCc1c(C)sc(NC(=O)c2cc3cnn(C(C)C)c3nc2C)c1C(=O)O. The second kappa shape index (κ2) is 7.11. The number of aromatic carboxylic acids is 1. The van der Waals surface area contributed by atoms with E-state index in [1.54, 1.807) is 19.2 Å². The number of thiophene rings is 1. The molecule has 0 atom stereocenters. The summed E-state index contributed by atoms with van der Waals surface area (Å²) < 4.78 is 1.81. The van der Waals surface area contributed by atoms with Crippen molar-refractivity contribution in [3.05, 3.63) is 39.5 Å². The monoisotopic (exact) mass is 386 g/mol. The topological polar surface area (TPSA) is 97.1 Å². The lowest BCUT2D eigenvalue weighted by Gasteiger charge is -2.10. The molecule has 1 amide bonds. The fraction of sp³-hybridized carbons (Fsp3) is 0.368. The van der Waals surface area contributed by atoms with Gasteiger partial charge in [0.15, 0.2) is 5.65 Å². The second-order valence-corrected chi connectivity index (χ2v) is 7.90. The van der Waals surface area contributed by atoms with Gasteiger partial charge in [-0.3, -0.25) is 4.79 Å². The molecule has 0 saturated heterocycles. The molecule has 3 aromatic heterocycles. The number of carbonyl (C=O) groups is 2. The molecule has 8 heteroatoms. The number of carbonyl (C=O) groups excluding carboxylic acids is 1. The van der Waals surface area contributed by atoms with Gasteiger partial charge < -0.3 is 10.4 Å². The molecule has 3 heterocycles. The number of fused-ring (bicyclic) bond motifs is 1. The molecule has 3 aromatic rings. The summed E-state index contributed by atoms with van der Waals surface area (Å²) in [6.07, 6.45) is 2.28. The molecule has 0 bridgehead atoms. The molecule has 7 nitrogen and oxygen atoms in total. The van der Waals surface area contributed by atoms with Crippen molar-refractivity contribution >= 4 is 39.2 Å². The first kappa shape index (κ1) is 19.0. The molecule has 0 aliphatic rings. The van der Waals surface area contributed by atoms with Crippen LogP contribution in [0.25, 0.3) is 11.0 Å². The van der Waals surface area contributed by atoms with E-state index in [9.17, 15) is 14.7 Å². The lowest BCUT2D eigenvalue weighted by Crippen LogP contribution is -2.16. The van der Waals surface area contributed by atoms with Gasteiger partial charge in [-0.1, -0.05) is 6.92 Å². The fourth-order valence-corrected chi connectivity index (χ4v) is 4.29. The molecular formula is C19H22N4O3S. The predicted octanol–water partition coefficient (Wildman–Crippen LogP) is 4.20. The van der Waals surface area contributed by atoms with E-state index in [2.05, 4.69) is 15.4 Å². The van der Waals surface area contributed by atoms with Gasteiger partial charge in [0.25, 0.3) is 5.91 Å². The molecule has 0 aliphatic carbocycles. The summed E-state index contributed by atoms with van der Waals surface area (Å²) in [6, 6.07) is 1.91. The number of carboxylic acids is 1. The van der Waals surface area contributed by atoms with Crippen LogP contribution in [0.1, 0.15) is 63.7 Å². The number of pyridine rings is 1. The third kappa shape index (κ3) is 3.32. The molecule has 27 heavy (non-hydrogen) atoms. The molecule has 0 radical (unpaired) electrons. The fourth-order valence-electron chi connectivity index (χ4n) is 3.16. The van der Waals surface area contributed by atoms with E-state index >= 15 is 0 Å². The minimum absolute atomic E-state index is 0.161. The average molecular weight is 386 g/mol. The van der Waals surface area contributed by atoms with Gasteiger partial charge in [0.05, 0.1) is 23.0 Å². The van der Waals surface area contributed by atoms with Gasteiger partial charge in [-0.2, -0.15) is 5.10 Å². The summed E-state index contributed by atoms with van der Waals surface area (Å²) in [6.45, 7) is 9.57. The zero-order valence-corrected chi connectivity index (χ0v) is 16.8. The molecule has 0 spiro atoms. The van der Waals surface area contributed by atoms with Crippen molar-refractivity contribution in [3.63, 3.8) is 0 Å². The molecule has 0 fully saturated rings. The number of aromatic nitrogens is 3. The Bertz CT molecular complexity index is 1050. The van der Waals surface area contributed by atoms with Crippen LogP contribution in [0, 0.1) is 13.8 Å². The molecule has 142 valence electrons. The van der Waals surface area contributed by atoms with Crippen molar-refractivity contribution in [1.29, 1.82) is 0 Å². The van der Waals surface area contributed by atoms with Crippen molar-refractivity contribution in [2.45, 2.75) is 47.1 Å². The number of amides is 1. The number of aryl methyl sites for hydroxylation is 2. The van der Waals surface area contributed by atoms with Crippen LogP contribution in [0.4, 0.5) is 5.00 Å². The Balaban J connectivity index is 2.00. The summed E-state index contributed by atoms with van der Waals surface area (Å²) in [5.74, 6) is -1.40. The van der Waals surface area contributed by atoms with Crippen molar-refractivity contribution in [1.82, 2.24) is 14.8 Å². The molecule has 0 saturated carbocycles. The summed E-state index contributed by atoms with van der Waals surface area (Å²) >= 11 is 1.28. The van der Waals surface area contributed by atoms with Gasteiger partial charge in [-0.05, 0) is 45.7 Å². The Kier molecular flexibility index (Phi) is 5.01. The van der Waals surface area contributed by atoms with Crippen LogP contribution >= 0.6 is 11.3 Å². The summed E-state index contributed by atoms with van der Waals surface area (Å²) in [7, 11) is 0. The van der Waals surface area contributed by atoms with Crippen LogP contribution < -0.4 is 5.32 Å². The Labute approximate surface area is 161 Å². The quantitative estimate of drug-likeness (QED) is 0.685. The highest BCUT2D eigenvalue weighted by molar-refractivity contribution is 7.16. The van der Waals surface area contributed by atoms with Crippen LogP contribution in [0.15, 0.2) is 12.3 Å². The summed E-state index contributed by atoms with van der Waals surface area (Å²) in [5, 5.41) is 17.8. The maximum absolute atomic E-state index is 12.8.